The van der Waals surface area contributed by atoms with Crippen LogP contribution in [0.3, 0.4) is 0 Å². The van der Waals surface area contributed by atoms with Crippen molar-refractivity contribution in [3.8, 4) is 0 Å². The number of nitrogens with zero attached hydrogens (tertiary/aromatic N) is 1. The summed E-state index contributed by atoms with van der Waals surface area (Å²) in [5.74, 6) is 0.434. The Labute approximate surface area is 131 Å². The first-order valence-corrected chi connectivity index (χ1v) is 8.58. The second kappa shape index (κ2) is 12.3. The molecule has 0 saturated carbocycles. The predicted octanol–water partition coefficient (Wildman–Crippen LogP) is -0.914. The first-order chi connectivity index (χ1) is 7.42. The third-order valence-corrected chi connectivity index (χ3v) is 4.34. The standard InChI is InChI=1S/C10H23NO3S2.Na/c1-11(2)9-7-5-3-4-6-8-10-15-16(12,13)14;/h3-10H2,1-2H3,(H,12,13,14);/q;+1/p-1. The summed E-state index contributed by atoms with van der Waals surface area (Å²) < 4.78 is 30.8. The number of rotatable bonds is 10. The Morgan fingerprint density at radius 2 is 1.47 bits per heavy atom. The van der Waals surface area contributed by atoms with E-state index in [1.807, 2.05) is 0 Å². The molecule has 0 heterocycles. The molecule has 0 spiro atoms. The van der Waals surface area contributed by atoms with Gasteiger partial charge in [0.1, 0.15) is 9.15 Å². The summed E-state index contributed by atoms with van der Waals surface area (Å²) >= 11 is 0. The summed E-state index contributed by atoms with van der Waals surface area (Å²) in [4.78, 5) is 2.18. The second-order valence-corrected chi connectivity index (χ2v) is 7.55. The summed E-state index contributed by atoms with van der Waals surface area (Å²) in [7, 11) is 0.582. The Kier molecular flexibility index (Phi) is 14.8. The zero-order chi connectivity index (χ0) is 12.4. The zero-order valence-electron chi connectivity index (χ0n) is 11.1. The third-order valence-electron chi connectivity index (χ3n) is 2.23. The van der Waals surface area contributed by atoms with Gasteiger partial charge in [0, 0.05) is 5.75 Å². The fraction of sp³-hybridized carbons (Fsp3) is 1.00. The predicted molar refractivity (Wildman–Crippen MR) is 68.4 cm³/mol. The molecular formula is C10H22NNaO3S2. The van der Waals surface area contributed by atoms with Crippen LogP contribution in [0.5, 0.6) is 0 Å². The Hall–Kier alpha value is 1.22. The minimum Gasteiger partial charge on any atom is -0.739 e. The average molecular weight is 291 g/mol. The van der Waals surface area contributed by atoms with Gasteiger partial charge in [0.05, 0.1) is 0 Å². The molecule has 0 aliphatic carbocycles. The van der Waals surface area contributed by atoms with Crippen LogP contribution in [-0.4, -0.2) is 44.3 Å². The molecule has 0 aliphatic heterocycles. The van der Waals surface area contributed by atoms with Crippen LogP contribution in [0.15, 0.2) is 0 Å². The molecule has 98 valence electrons. The van der Waals surface area contributed by atoms with Gasteiger partial charge in [-0.15, -0.1) is 0 Å². The van der Waals surface area contributed by atoms with Gasteiger partial charge in [-0.05, 0) is 44.3 Å². The van der Waals surface area contributed by atoms with Crippen molar-refractivity contribution in [3.63, 3.8) is 0 Å². The van der Waals surface area contributed by atoms with E-state index in [-0.39, 0.29) is 29.6 Å². The quantitative estimate of drug-likeness (QED) is 0.226. The minimum atomic E-state index is -4.07. The molecule has 0 N–H and O–H groups in total. The van der Waals surface area contributed by atoms with Gasteiger partial charge in [0.25, 0.3) is 0 Å². The maximum Gasteiger partial charge on any atom is 1.00 e. The van der Waals surface area contributed by atoms with Crippen LogP contribution in [-0.2, 0) is 9.15 Å². The fourth-order valence-corrected chi connectivity index (χ4v) is 2.89. The van der Waals surface area contributed by atoms with Crippen molar-refractivity contribution in [3.05, 3.63) is 0 Å². The van der Waals surface area contributed by atoms with E-state index in [2.05, 4.69) is 19.0 Å². The van der Waals surface area contributed by atoms with Crippen LogP contribution in [0.25, 0.3) is 0 Å². The van der Waals surface area contributed by atoms with Crippen LogP contribution in [0.1, 0.15) is 38.5 Å². The molecule has 0 unspecified atom stereocenters. The molecule has 0 aliphatic rings. The smallest absolute Gasteiger partial charge is 0.739 e. The van der Waals surface area contributed by atoms with Crippen LogP contribution >= 0.6 is 10.8 Å². The van der Waals surface area contributed by atoms with Crippen molar-refractivity contribution in [2.45, 2.75) is 38.5 Å². The van der Waals surface area contributed by atoms with E-state index in [0.717, 1.165) is 25.8 Å². The van der Waals surface area contributed by atoms with Gasteiger partial charge in [0.15, 0.2) is 0 Å². The Bertz CT molecular complexity index is 258. The molecule has 0 aromatic carbocycles. The first-order valence-electron chi connectivity index (χ1n) is 5.67. The molecule has 7 heteroatoms. The molecule has 0 fully saturated rings. The van der Waals surface area contributed by atoms with E-state index in [1.165, 1.54) is 19.3 Å². The van der Waals surface area contributed by atoms with Crippen molar-refractivity contribution >= 4 is 19.9 Å². The molecule has 4 nitrogen and oxygen atoms in total. The molecule has 0 atom stereocenters. The summed E-state index contributed by atoms with van der Waals surface area (Å²) in [6.07, 6.45) is 6.61. The fourth-order valence-electron chi connectivity index (χ4n) is 1.40. The largest absolute Gasteiger partial charge is 1.00 e. The number of hydrogen-bond acceptors (Lipinski definition) is 5. The monoisotopic (exact) mass is 291 g/mol. The number of unbranched alkanes of at least 4 members (excludes halogenated alkanes) is 5. The Morgan fingerprint density at radius 1 is 1.00 bits per heavy atom. The second-order valence-electron chi connectivity index (χ2n) is 4.15. The van der Waals surface area contributed by atoms with Gasteiger partial charge in [0.2, 0.25) is 0 Å². The number of hydrogen-bond donors (Lipinski definition) is 0. The molecule has 17 heavy (non-hydrogen) atoms. The van der Waals surface area contributed by atoms with Gasteiger partial charge in [-0.1, -0.05) is 25.7 Å². The van der Waals surface area contributed by atoms with Crippen molar-refractivity contribution in [2.75, 3.05) is 26.4 Å². The molecule has 0 radical (unpaired) electrons. The third kappa shape index (κ3) is 19.7. The van der Waals surface area contributed by atoms with E-state index >= 15 is 0 Å². The van der Waals surface area contributed by atoms with Crippen LogP contribution in [0.4, 0.5) is 0 Å². The molecule has 0 saturated heterocycles. The summed E-state index contributed by atoms with van der Waals surface area (Å²) in [5.41, 5.74) is 0. The van der Waals surface area contributed by atoms with E-state index in [4.69, 9.17) is 0 Å². The van der Waals surface area contributed by atoms with E-state index < -0.39 is 9.15 Å². The zero-order valence-corrected chi connectivity index (χ0v) is 14.8. The molecule has 0 aromatic heterocycles. The summed E-state index contributed by atoms with van der Waals surface area (Å²) in [6.45, 7) is 1.13. The maximum absolute atomic E-state index is 10.3. The van der Waals surface area contributed by atoms with Crippen LogP contribution in [0, 0.1) is 0 Å². The van der Waals surface area contributed by atoms with E-state index in [1.54, 1.807) is 0 Å². The van der Waals surface area contributed by atoms with Gasteiger partial charge in [-0.25, -0.2) is 8.42 Å². The summed E-state index contributed by atoms with van der Waals surface area (Å²) in [6, 6.07) is 0. The van der Waals surface area contributed by atoms with Crippen molar-refractivity contribution in [1.29, 1.82) is 0 Å². The molecule has 0 rings (SSSR count). The summed E-state index contributed by atoms with van der Waals surface area (Å²) in [5, 5.41) is 0. The molecule has 0 amide bonds. The van der Waals surface area contributed by atoms with Gasteiger partial charge in [-0.2, -0.15) is 0 Å². The molecular weight excluding hydrogens is 269 g/mol. The molecule has 0 aromatic rings. The Morgan fingerprint density at radius 3 is 1.94 bits per heavy atom. The van der Waals surface area contributed by atoms with Crippen molar-refractivity contribution in [1.82, 2.24) is 4.90 Å². The topological polar surface area (TPSA) is 60.4 Å². The Balaban J connectivity index is 0. The van der Waals surface area contributed by atoms with Crippen molar-refractivity contribution in [2.24, 2.45) is 0 Å². The minimum absolute atomic E-state index is 0. The van der Waals surface area contributed by atoms with Gasteiger partial charge >= 0.3 is 29.6 Å². The van der Waals surface area contributed by atoms with E-state index in [9.17, 15) is 13.0 Å². The maximum atomic E-state index is 10.3. The van der Waals surface area contributed by atoms with E-state index in [0.29, 0.717) is 16.5 Å². The normalized spacial score (nSPS) is 11.5. The van der Waals surface area contributed by atoms with Crippen molar-refractivity contribution < 1.29 is 42.5 Å². The average Bonchev–Trinajstić information content (AvgIpc) is 2.13. The first kappa shape index (κ1) is 20.5. The van der Waals surface area contributed by atoms with Crippen LogP contribution in [0.2, 0.25) is 0 Å². The van der Waals surface area contributed by atoms with Gasteiger partial charge in [-0.3, -0.25) is 0 Å². The SMILES string of the molecule is CN(C)CCCCCCCCSS(=O)(=O)[O-].[Na+]. The van der Waals surface area contributed by atoms with Gasteiger partial charge < -0.3 is 9.45 Å². The molecule has 0 bridgehead atoms. The van der Waals surface area contributed by atoms with Crippen LogP contribution < -0.4 is 29.6 Å².